The van der Waals surface area contributed by atoms with Crippen molar-refractivity contribution in [2.24, 2.45) is 0 Å². The van der Waals surface area contributed by atoms with Gasteiger partial charge < -0.3 is 5.32 Å². The van der Waals surface area contributed by atoms with E-state index >= 15 is 0 Å². The van der Waals surface area contributed by atoms with Crippen molar-refractivity contribution in [3.63, 3.8) is 0 Å². The SMILES string of the molecule is Cc1ccc(NC(=O)CN2CCCC2c2nc3ccccc3s2)c(F)c1. The number of aromatic nitrogens is 1. The van der Waals surface area contributed by atoms with E-state index in [-0.39, 0.29) is 24.2 Å². The standard InChI is InChI=1S/C20H20FN3OS/c1-13-8-9-15(14(21)11-13)22-19(25)12-24-10-4-6-17(24)20-23-16-5-2-3-7-18(16)26-20/h2-3,5,7-9,11,17H,4,6,10,12H2,1H3,(H,22,25). The van der Waals surface area contributed by atoms with Crippen LogP contribution in [0.4, 0.5) is 10.1 Å². The number of thiazole rings is 1. The van der Waals surface area contributed by atoms with Crippen LogP contribution in [0.25, 0.3) is 10.2 Å². The summed E-state index contributed by atoms with van der Waals surface area (Å²) in [7, 11) is 0. The summed E-state index contributed by atoms with van der Waals surface area (Å²) < 4.78 is 15.1. The normalized spacial score (nSPS) is 17.7. The topological polar surface area (TPSA) is 45.2 Å². The van der Waals surface area contributed by atoms with Gasteiger partial charge in [-0.25, -0.2) is 9.37 Å². The minimum atomic E-state index is -0.400. The van der Waals surface area contributed by atoms with Crippen LogP contribution in [0, 0.1) is 12.7 Å². The number of rotatable bonds is 4. The zero-order chi connectivity index (χ0) is 18.1. The minimum Gasteiger partial charge on any atom is -0.322 e. The molecule has 4 nitrogen and oxygen atoms in total. The first kappa shape index (κ1) is 17.1. The molecular weight excluding hydrogens is 349 g/mol. The predicted octanol–water partition coefficient (Wildman–Crippen LogP) is 4.52. The van der Waals surface area contributed by atoms with E-state index in [2.05, 4.69) is 16.3 Å². The lowest BCUT2D eigenvalue weighted by molar-refractivity contribution is -0.117. The number of aryl methyl sites for hydroxylation is 1. The van der Waals surface area contributed by atoms with E-state index in [1.54, 1.807) is 23.5 Å². The van der Waals surface area contributed by atoms with Crippen molar-refractivity contribution in [1.82, 2.24) is 9.88 Å². The van der Waals surface area contributed by atoms with E-state index < -0.39 is 5.82 Å². The Hall–Kier alpha value is -2.31. The number of benzene rings is 2. The molecule has 1 aliphatic heterocycles. The molecule has 0 saturated carbocycles. The number of anilines is 1. The number of nitrogens with one attached hydrogen (secondary N) is 1. The third-order valence-corrected chi connectivity index (χ3v) is 5.84. The summed E-state index contributed by atoms with van der Waals surface area (Å²) >= 11 is 1.69. The van der Waals surface area contributed by atoms with Gasteiger partial charge >= 0.3 is 0 Å². The molecule has 1 fully saturated rings. The fraction of sp³-hybridized carbons (Fsp3) is 0.300. The van der Waals surface area contributed by atoms with Crippen molar-refractivity contribution in [1.29, 1.82) is 0 Å². The number of para-hydroxylation sites is 1. The van der Waals surface area contributed by atoms with Crippen LogP contribution in [0.5, 0.6) is 0 Å². The summed E-state index contributed by atoms with van der Waals surface area (Å²) in [4.78, 5) is 19.3. The van der Waals surface area contributed by atoms with Gasteiger partial charge in [0.15, 0.2) is 0 Å². The van der Waals surface area contributed by atoms with Crippen LogP contribution in [0.15, 0.2) is 42.5 Å². The second kappa shape index (κ2) is 7.13. The maximum absolute atomic E-state index is 13.9. The molecule has 0 aliphatic carbocycles. The van der Waals surface area contributed by atoms with Crippen molar-refractivity contribution in [2.75, 3.05) is 18.4 Å². The third kappa shape index (κ3) is 3.48. The molecule has 0 radical (unpaired) electrons. The van der Waals surface area contributed by atoms with Crippen molar-refractivity contribution in [3.05, 3.63) is 58.9 Å². The van der Waals surface area contributed by atoms with E-state index in [9.17, 15) is 9.18 Å². The summed E-state index contributed by atoms with van der Waals surface area (Å²) in [6, 6.07) is 13.1. The number of carbonyl (C=O) groups excluding carboxylic acids is 1. The maximum atomic E-state index is 13.9. The number of amides is 1. The lowest BCUT2D eigenvalue weighted by atomic mass is 10.2. The minimum absolute atomic E-state index is 0.154. The van der Waals surface area contributed by atoms with Crippen LogP contribution < -0.4 is 5.32 Å². The highest BCUT2D eigenvalue weighted by molar-refractivity contribution is 7.18. The van der Waals surface area contributed by atoms with Gasteiger partial charge in [-0.2, -0.15) is 0 Å². The van der Waals surface area contributed by atoms with Crippen LogP contribution in [0.3, 0.4) is 0 Å². The quantitative estimate of drug-likeness (QED) is 0.735. The number of fused-ring (bicyclic) bond motifs is 1. The van der Waals surface area contributed by atoms with Crippen molar-refractivity contribution >= 4 is 33.1 Å². The Balaban J connectivity index is 1.47. The number of likely N-dealkylation sites (tertiary alicyclic amines) is 1. The van der Waals surface area contributed by atoms with Gasteiger partial charge in [-0.3, -0.25) is 9.69 Å². The molecule has 2 aromatic carbocycles. The predicted molar refractivity (Wildman–Crippen MR) is 103 cm³/mol. The van der Waals surface area contributed by atoms with Gasteiger partial charge in [-0.15, -0.1) is 11.3 Å². The van der Waals surface area contributed by atoms with Crippen molar-refractivity contribution < 1.29 is 9.18 Å². The van der Waals surface area contributed by atoms with Crippen LogP contribution in [-0.4, -0.2) is 28.9 Å². The van der Waals surface area contributed by atoms with Gasteiger partial charge in [0.05, 0.1) is 28.5 Å². The molecule has 4 rings (SSSR count). The third-order valence-electron chi connectivity index (χ3n) is 4.70. The van der Waals surface area contributed by atoms with E-state index in [1.807, 2.05) is 25.1 Å². The highest BCUT2D eigenvalue weighted by Crippen LogP contribution is 2.36. The molecule has 1 atom stereocenters. The van der Waals surface area contributed by atoms with Crippen LogP contribution in [0.1, 0.15) is 29.5 Å². The van der Waals surface area contributed by atoms with Crippen molar-refractivity contribution in [3.8, 4) is 0 Å². The average molecular weight is 369 g/mol. The van der Waals surface area contributed by atoms with Gasteiger partial charge in [-0.05, 0) is 56.1 Å². The molecule has 1 unspecified atom stereocenters. The van der Waals surface area contributed by atoms with Crippen molar-refractivity contribution in [2.45, 2.75) is 25.8 Å². The fourth-order valence-electron chi connectivity index (χ4n) is 3.42. The molecule has 0 spiro atoms. The van der Waals surface area contributed by atoms with E-state index in [0.29, 0.717) is 0 Å². The first-order chi connectivity index (χ1) is 12.6. The molecule has 2 heterocycles. The zero-order valence-corrected chi connectivity index (χ0v) is 15.4. The van der Waals surface area contributed by atoms with Gasteiger partial charge in [0, 0.05) is 0 Å². The summed E-state index contributed by atoms with van der Waals surface area (Å²) in [5.74, 6) is -0.594. The Morgan fingerprint density at radius 2 is 2.19 bits per heavy atom. The number of hydrogen-bond donors (Lipinski definition) is 1. The molecule has 1 saturated heterocycles. The Bertz CT molecular complexity index is 922. The molecule has 134 valence electrons. The number of hydrogen-bond acceptors (Lipinski definition) is 4. The molecular formula is C20H20FN3OS. The Labute approximate surface area is 155 Å². The summed E-state index contributed by atoms with van der Waals surface area (Å²) in [5, 5.41) is 3.74. The first-order valence-electron chi connectivity index (χ1n) is 8.76. The molecule has 1 aliphatic rings. The molecule has 1 N–H and O–H groups in total. The Morgan fingerprint density at radius 3 is 3.00 bits per heavy atom. The van der Waals surface area contributed by atoms with E-state index in [1.165, 1.54) is 10.8 Å². The molecule has 6 heteroatoms. The highest BCUT2D eigenvalue weighted by Gasteiger charge is 2.30. The van der Waals surface area contributed by atoms with Crippen LogP contribution in [0.2, 0.25) is 0 Å². The first-order valence-corrected chi connectivity index (χ1v) is 9.57. The van der Waals surface area contributed by atoms with Gasteiger partial charge in [-0.1, -0.05) is 18.2 Å². The molecule has 3 aromatic rings. The van der Waals surface area contributed by atoms with E-state index in [0.717, 1.165) is 35.5 Å². The molecule has 26 heavy (non-hydrogen) atoms. The van der Waals surface area contributed by atoms with Crippen LogP contribution >= 0.6 is 11.3 Å². The number of halogens is 1. The van der Waals surface area contributed by atoms with Gasteiger partial charge in [0.2, 0.25) is 5.91 Å². The van der Waals surface area contributed by atoms with E-state index in [4.69, 9.17) is 4.98 Å². The highest BCUT2D eigenvalue weighted by atomic mass is 32.1. The molecule has 1 amide bonds. The second-order valence-electron chi connectivity index (χ2n) is 6.68. The Kier molecular flexibility index (Phi) is 4.70. The fourth-order valence-corrected chi connectivity index (χ4v) is 4.56. The lowest BCUT2D eigenvalue weighted by Crippen LogP contribution is -2.33. The van der Waals surface area contributed by atoms with Gasteiger partial charge in [0.25, 0.3) is 0 Å². The number of carbonyl (C=O) groups is 1. The number of nitrogens with zero attached hydrogens (tertiary/aromatic N) is 2. The largest absolute Gasteiger partial charge is 0.322 e. The Morgan fingerprint density at radius 1 is 1.35 bits per heavy atom. The molecule has 0 bridgehead atoms. The average Bonchev–Trinajstić information content (AvgIpc) is 3.23. The van der Waals surface area contributed by atoms with Crippen LogP contribution in [-0.2, 0) is 4.79 Å². The smallest absolute Gasteiger partial charge is 0.238 e. The monoisotopic (exact) mass is 369 g/mol. The lowest BCUT2D eigenvalue weighted by Gasteiger charge is -2.22. The summed E-state index contributed by atoms with van der Waals surface area (Å²) in [5.41, 5.74) is 2.07. The maximum Gasteiger partial charge on any atom is 0.238 e. The summed E-state index contributed by atoms with van der Waals surface area (Å²) in [6.45, 7) is 2.92. The zero-order valence-electron chi connectivity index (χ0n) is 14.5. The second-order valence-corrected chi connectivity index (χ2v) is 7.74. The summed E-state index contributed by atoms with van der Waals surface area (Å²) in [6.07, 6.45) is 2.03. The molecule has 1 aromatic heterocycles. The van der Waals surface area contributed by atoms with Gasteiger partial charge in [0.1, 0.15) is 10.8 Å².